The molecule has 0 fully saturated rings. The molecule has 0 aliphatic rings. The normalized spacial score (nSPS) is 9.52. The molecular formula is C20H52O8Zr. The van der Waals surface area contributed by atoms with Gasteiger partial charge in [-0.25, -0.2) is 0 Å². The Hall–Kier alpha value is 0.563. The quantitative estimate of drug-likeness (QED) is 0.195. The Kier molecular flexibility index (Phi) is 58.8. The van der Waals surface area contributed by atoms with Gasteiger partial charge < -0.3 is 20.4 Å². The fraction of sp³-hybridized carbons (Fsp3) is 1.00. The van der Waals surface area contributed by atoms with Gasteiger partial charge in [0.15, 0.2) is 0 Å². The molecule has 0 spiro atoms. The summed E-state index contributed by atoms with van der Waals surface area (Å²) < 4.78 is 4.46. The predicted molar refractivity (Wildman–Crippen MR) is 117 cm³/mol. The van der Waals surface area contributed by atoms with Crippen LogP contribution in [0.1, 0.15) is 53.4 Å². The first kappa shape index (κ1) is 40.0. The van der Waals surface area contributed by atoms with E-state index >= 15 is 0 Å². The maximum absolute atomic E-state index is 8.99. The van der Waals surface area contributed by atoms with Crippen molar-refractivity contribution in [2.24, 2.45) is 0 Å². The van der Waals surface area contributed by atoms with Crippen LogP contribution in [0, 0.1) is 0 Å². The third-order valence-electron chi connectivity index (χ3n) is 3.46. The molecule has 0 aliphatic carbocycles. The van der Waals surface area contributed by atoms with E-state index in [2.05, 4.69) is 0 Å². The summed E-state index contributed by atoms with van der Waals surface area (Å²) in [5.74, 6) is 0. The van der Waals surface area contributed by atoms with E-state index in [1.54, 1.807) is 27.7 Å². The average molecular weight is 512 g/mol. The van der Waals surface area contributed by atoms with Gasteiger partial charge in [0.25, 0.3) is 0 Å². The van der Waals surface area contributed by atoms with Gasteiger partial charge in [0.1, 0.15) is 0 Å². The summed E-state index contributed by atoms with van der Waals surface area (Å²) in [6, 6.07) is 0. The van der Waals surface area contributed by atoms with Crippen LogP contribution in [0.5, 0.6) is 0 Å². The zero-order valence-electron chi connectivity index (χ0n) is 19.4. The van der Waals surface area contributed by atoms with E-state index in [1.807, 2.05) is 0 Å². The Morgan fingerprint density at radius 1 is 0.379 bits per heavy atom. The maximum atomic E-state index is 8.99. The number of aliphatic hydroxyl groups is 8. The molecule has 0 aromatic heterocycles. The molecule has 0 unspecified atom stereocenters. The van der Waals surface area contributed by atoms with E-state index in [4.69, 9.17) is 40.9 Å². The Bertz CT molecular complexity index is 179. The number of aliphatic hydroxyl groups excluding tert-OH is 8. The summed E-state index contributed by atoms with van der Waals surface area (Å²) in [6.07, 6.45) is 3.38. The fourth-order valence-electron chi connectivity index (χ4n) is 2.57. The van der Waals surface area contributed by atoms with Crippen LogP contribution in [-0.2, 0) is 20.3 Å². The van der Waals surface area contributed by atoms with E-state index in [9.17, 15) is 0 Å². The van der Waals surface area contributed by atoms with Gasteiger partial charge >= 0.3 is 109 Å². The second kappa shape index (κ2) is 42.6. The molecule has 184 valence electrons. The summed E-state index contributed by atoms with van der Waals surface area (Å²) >= 11 is -2.33. The van der Waals surface area contributed by atoms with E-state index < -0.39 is 20.3 Å². The number of rotatable bonds is 12. The summed E-state index contributed by atoms with van der Waals surface area (Å²) in [7, 11) is 0. The number of hydrogen-bond donors (Lipinski definition) is 8. The van der Waals surface area contributed by atoms with Crippen molar-refractivity contribution in [3.63, 3.8) is 0 Å². The Morgan fingerprint density at radius 2 is 0.517 bits per heavy atom. The average Bonchev–Trinajstić information content (AvgIpc) is 2.69. The third kappa shape index (κ3) is 47.7. The minimum atomic E-state index is -2.33. The van der Waals surface area contributed by atoms with Crippen molar-refractivity contribution in [2.45, 2.75) is 69.9 Å². The molecule has 0 atom stereocenters. The first-order chi connectivity index (χ1) is 13.9. The van der Waals surface area contributed by atoms with Crippen LogP contribution in [0.3, 0.4) is 0 Å². The molecule has 0 rings (SSSR count). The Labute approximate surface area is 183 Å². The summed E-state index contributed by atoms with van der Waals surface area (Å²) in [5, 5.41) is 66.2. The molecule has 0 aliphatic heterocycles. The van der Waals surface area contributed by atoms with Gasteiger partial charge in [0.05, 0.1) is 0 Å². The van der Waals surface area contributed by atoms with Gasteiger partial charge in [-0.2, -0.15) is 0 Å². The molecule has 0 bridgehead atoms. The molecule has 0 aromatic carbocycles. The van der Waals surface area contributed by atoms with E-state index in [1.165, 1.54) is 0 Å². The second-order valence-corrected chi connectivity index (χ2v) is 18.4. The number of hydrogen-bond acceptors (Lipinski definition) is 8. The van der Waals surface area contributed by atoms with Gasteiger partial charge in [-0.3, -0.25) is 0 Å². The molecule has 0 heterocycles. The van der Waals surface area contributed by atoms with Crippen LogP contribution in [-0.4, -0.2) is 93.7 Å². The molecule has 8 nitrogen and oxygen atoms in total. The first-order valence-electron chi connectivity index (χ1n) is 10.8. The van der Waals surface area contributed by atoms with Crippen molar-refractivity contribution in [1.29, 1.82) is 0 Å². The molecule has 0 amide bonds. The van der Waals surface area contributed by atoms with Crippen LogP contribution in [0.4, 0.5) is 0 Å². The monoisotopic (exact) mass is 510 g/mol. The van der Waals surface area contributed by atoms with Crippen LogP contribution in [0.15, 0.2) is 0 Å². The van der Waals surface area contributed by atoms with Gasteiger partial charge in [-0.15, -0.1) is 0 Å². The zero-order chi connectivity index (χ0) is 23.8. The van der Waals surface area contributed by atoms with E-state index in [0.29, 0.717) is 0 Å². The first-order valence-corrected chi connectivity index (χ1v) is 17.7. The topological polar surface area (TPSA) is 162 Å². The van der Waals surface area contributed by atoms with Crippen LogP contribution >= 0.6 is 0 Å². The molecule has 0 saturated heterocycles. The van der Waals surface area contributed by atoms with Gasteiger partial charge in [0, 0.05) is 26.4 Å². The van der Waals surface area contributed by atoms with Crippen LogP contribution in [0.2, 0.25) is 16.5 Å². The summed E-state index contributed by atoms with van der Waals surface area (Å²) in [6.45, 7) is 8.65. The van der Waals surface area contributed by atoms with E-state index in [0.717, 1.165) is 42.2 Å². The van der Waals surface area contributed by atoms with Crippen molar-refractivity contribution in [3.8, 4) is 0 Å². The molecule has 0 saturated carbocycles. The fourth-order valence-corrected chi connectivity index (χ4v) is 15.2. The van der Waals surface area contributed by atoms with Gasteiger partial charge in [-0.1, -0.05) is 0 Å². The SMILES string of the molecule is CCO.CCO.CCO.CCO.OCC[CH2][Zr]([CH2]CCO)([CH2]CCO)[CH2]CCO. The van der Waals surface area contributed by atoms with Crippen molar-refractivity contribution in [1.82, 2.24) is 0 Å². The van der Waals surface area contributed by atoms with Crippen molar-refractivity contribution >= 4 is 0 Å². The molecule has 29 heavy (non-hydrogen) atoms. The van der Waals surface area contributed by atoms with Crippen molar-refractivity contribution in [2.75, 3.05) is 52.9 Å². The van der Waals surface area contributed by atoms with Gasteiger partial charge in [-0.05, 0) is 27.7 Å². The van der Waals surface area contributed by atoms with Gasteiger partial charge in [0.2, 0.25) is 0 Å². The Morgan fingerprint density at radius 3 is 0.621 bits per heavy atom. The summed E-state index contributed by atoms with van der Waals surface area (Å²) in [4.78, 5) is 0. The molecule has 8 N–H and O–H groups in total. The van der Waals surface area contributed by atoms with Crippen LogP contribution < -0.4 is 0 Å². The molecule has 9 heteroatoms. The Balaban J connectivity index is -0.000000131. The van der Waals surface area contributed by atoms with E-state index in [-0.39, 0.29) is 52.9 Å². The van der Waals surface area contributed by atoms with Crippen molar-refractivity contribution in [3.05, 3.63) is 0 Å². The minimum absolute atomic E-state index is 0.232. The summed E-state index contributed by atoms with van der Waals surface area (Å²) in [5.41, 5.74) is 0. The van der Waals surface area contributed by atoms with Crippen molar-refractivity contribution < 1.29 is 61.1 Å². The zero-order valence-corrected chi connectivity index (χ0v) is 21.8. The second-order valence-electron chi connectivity index (χ2n) is 6.07. The third-order valence-corrected chi connectivity index (χ3v) is 17.4. The molecule has 0 radical (unpaired) electrons. The molecular weight excluding hydrogens is 459 g/mol. The predicted octanol–water partition coefficient (Wildman–Crippen LogP) is 1.34. The standard InChI is InChI=1S/4C3H7O.4C2H6O.Zr/c4*1-2-3-4;4*1-2-3;/h4*4H,1-3H2;4*3H,2H2,1H3;. The van der Waals surface area contributed by atoms with Crippen LogP contribution in [0.25, 0.3) is 0 Å². The molecule has 0 aromatic rings.